The molecule has 20 heavy (non-hydrogen) atoms. The molecule has 0 radical (unpaired) electrons. The largest absolute Gasteiger partial charge is 0.290 e. The molecule has 1 aliphatic heterocycles. The van der Waals surface area contributed by atoms with Crippen molar-refractivity contribution in [2.75, 3.05) is 0 Å². The van der Waals surface area contributed by atoms with E-state index in [1.165, 1.54) is 5.56 Å². The Balaban J connectivity index is 1.71. The van der Waals surface area contributed by atoms with Gasteiger partial charge in [0, 0.05) is 10.0 Å². The monoisotopic (exact) mass is 344 g/mol. The minimum atomic E-state index is 0.130. The molecular weight excluding hydrogens is 332 g/mol. The summed E-state index contributed by atoms with van der Waals surface area (Å²) in [7, 11) is 0. The summed E-state index contributed by atoms with van der Waals surface area (Å²) in [5.74, 6) is 0. The van der Waals surface area contributed by atoms with Crippen LogP contribution in [0.2, 0.25) is 0 Å². The number of hydrazone groups is 1. The van der Waals surface area contributed by atoms with E-state index in [9.17, 15) is 0 Å². The highest BCUT2D eigenvalue weighted by Crippen LogP contribution is 2.31. The number of nitrogens with zero attached hydrogens (tertiary/aromatic N) is 1. The van der Waals surface area contributed by atoms with E-state index in [0.29, 0.717) is 0 Å². The van der Waals surface area contributed by atoms with E-state index < -0.39 is 0 Å². The van der Waals surface area contributed by atoms with E-state index in [1.807, 2.05) is 36.4 Å². The first-order chi connectivity index (χ1) is 9.83. The van der Waals surface area contributed by atoms with Gasteiger partial charge in [-0.3, -0.25) is 5.43 Å². The van der Waals surface area contributed by atoms with Crippen molar-refractivity contribution in [3.05, 3.63) is 76.3 Å². The van der Waals surface area contributed by atoms with E-state index in [0.717, 1.165) is 15.1 Å². The van der Waals surface area contributed by atoms with Crippen LogP contribution in [0.5, 0.6) is 0 Å². The van der Waals surface area contributed by atoms with Crippen LogP contribution in [0.15, 0.2) is 70.2 Å². The summed E-state index contributed by atoms with van der Waals surface area (Å²) in [6.45, 7) is 0. The number of halogens is 1. The highest BCUT2D eigenvalue weighted by molar-refractivity contribution is 9.12. The molecular formula is C16H13BrN2S. The summed E-state index contributed by atoms with van der Waals surface area (Å²) in [6, 6.07) is 20.5. The first-order valence-corrected chi connectivity index (χ1v) is 7.97. The second-order valence-corrected chi connectivity index (χ2v) is 6.36. The predicted octanol–water partition coefficient (Wildman–Crippen LogP) is 4.45. The van der Waals surface area contributed by atoms with Crippen molar-refractivity contribution >= 4 is 38.8 Å². The van der Waals surface area contributed by atoms with Gasteiger partial charge >= 0.3 is 0 Å². The third-order valence-electron chi connectivity index (χ3n) is 2.89. The lowest BCUT2D eigenvalue weighted by Gasteiger charge is -2.08. The van der Waals surface area contributed by atoms with Crippen molar-refractivity contribution in [3.8, 4) is 0 Å². The normalized spacial score (nSPS) is 18.6. The lowest BCUT2D eigenvalue weighted by Crippen LogP contribution is -2.15. The summed E-state index contributed by atoms with van der Waals surface area (Å²) < 4.78 is 1.09. The Morgan fingerprint density at radius 3 is 2.40 bits per heavy atom. The Kier molecular flexibility index (Phi) is 4.23. The van der Waals surface area contributed by atoms with Gasteiger partial charge in [-0.1, -0.05) is 88.4 Å². The Bertz CT molecular complexity index is 638. The average molecular weight is 345 g/mol. The van der Waals surface area contributed by atoms with Crippen molar-refractivity contribution in [2.24, 2.45) is 5.10 Å². The fraction of sp³-hybridized carbons (Fsp3) is 0.0625. The summed E-state index contributed by atoms with van der Waals surface area (Å²) in [6.07, 6.45) is 2.12. The zero-order valence-electron chi connectivity index (χ0n) is 10.7. The van der Waals surface area contributed by atoms with E-state index in [2.05, 4.69) is 56.8 Å². The summed E-state index contributed by atoms with van der Waals surface area (Å²) >= 11 is 5.36. The van der Waals surface area contributed by atoms with Crippen molar-refractivity contribution in [3.63, 3.8) is 0 Å². The standard InChI is InChI=1S/C16H13BrN2S/c17-14(11-12-7-3-1-4-8-12)16-19-18-15(20-16)13-9-5-2-6-10-13/h1-11,16,19H/b14-11-/t16-/m0/s1. The van der Waals surface area contributed by atoms with Gasteiger partial charge in [-0.2, -0.15) is 5.10 Å². The van der Waals surface area contributed by atoms with Crippen LogP contribution in [0.4, 0.5) is 0 Å². The van der Waals surface area contributed by atoms with Gasteiger partial charge in [-0.25, -0.2) is 0 Å². The molecule has 0 amide bonds. The molecule has 0 unspecified atom stereocenters. The molecule has 0 aliphatic carbocycles. The lowest BCUT2D eigenvalue weighted by atomic mass is 10.2. The Labute approximate surface area is 131 Å². The number of benzene rings is 2. The van der Waals surface area contributed by atoms with E-state index in [4.69, 9.17) is 0 Å². The Morgan fingerprint density at radius 1 is 1.05 bits per heavy atom. The van der Waals surface area contributed by atoms with Crippen LogP contribution >= 0.6 is 27.7 Å². The highest BCUT2D eigenvalue weighted by atomic mass is 79.9. The van der Waals surface area contributed by atoms with Crippen LogP contribution in [0, 0.1) is 0 Å². The first-order valence-electron chi connectivity index (χ1n) is 6.30. The van der Waals surface area contributed by atoms with Crippen LogP contribution in [-0.2, 0) is 0 Å². The molecule has 1 aliphatic rings. The van der Waals surface area contributed by atoms with Crippen LogP contribution in [-0.4, -0.2) is 10.4 Å². The fourth-order valence-corrected chi connectivity index (χ4v) is 3.43. The molecule has 2 aromatic carbocycles. The van der Waals surface area contributed by atoms with Gasteiger partial charge in [0.05, 0.1) is 0 Å². The van der Waals surface area contributed by atoms with Crippen molar-refractivity contribution in [1.29, 1.82) is 0 Å². The molecule has 0 saturated carbocycles. The van der Waals surface area contributed by atoms with Gasteiger partial charge in [0.2, 0.25) is 0 Å². The summed E-state index contributed by atoms with van der Waals surface area (Å²) in [5.41, 5.74) is 5.48. The van der Waals surface area contributed by atoms with Crippen molar-refractivity contribution in [2.45, 2.75) is 5.37 Å². The van der Waals surface area contributed by atoms with Gasteiger partial charge < -0.3 is 0 Å². The summed E-state index contributed by atoms with van der Waals surface area (Å²) in [5, 5.41) is 5.56. The molecule has 1 heterocycles. The topological polar surface area (TPSA) is 24.4 Å². The zero-order chi connectivity index (χ0) is 13.8. The second kappa shape index (κ2) is 6.29. The maximum absolute atomic E-state index is 4.41. The van der Waals surface area contributed by atoms with Gasteiger partial charge in [0.25, 0.3) is 0 Å². The molecule has 0 aromatic heterocycles. The summed E-state index contributed by atoms with van der Waals surface area (Å²) in [4.78, 5) is 0. The van der Waals surface area contributed by atoms with E-state index in [1.54, 1.807) is 11.8 Å². The van der Waals surface area contributed by atoms with E-state index >= 15 is 0 Å². The van der Waals surface area contributed by atoms with Crippen molar-refractivity contribution < 1.29 is 0 Å². The molecule has 0 bridgehead atoms. The number of thioether (sulfide) groups is 1. The van der Waals surface area contributed by atoms with Gasteiger partial charge in [0.15, 0.2) is 0 Å². The zero-order valence-corrected chi connectivity index (χ0v) is 13.1. The highest BCUT2D eigenvalue weighted by Gasteiger charge is 2.22. The van der Waals surface area contributed by atoms with Crippen LogP contribution in [0.1, 0.15) is 11.1 Å². The second-order valence-electron chi connectivity index (χ2n) is 4.35. The molecule has 0 spiro atoms. The van der Waals surface area contributed by atoms with Gasteiger partial charge in [0.1, 0.15) is 10.4 Å². The SMILES string of the molecule is Br/C(=C\c1ccccc1)[C@H]1NN=C(c2ccccc2)S1. The maximum Gasteiger partial charge on any atom is 0.127 e. The van der Waals surface area contributed by atoms with Crippen LogP contribution < -0.4 is 5.43 Å². The molecule has 100 valence electrons. The van der Waals surface area contributed by atoms with Gasteiger partial charge in [-0.15, -0.1) is 0 Å². The predicted molar refractivity (Wildman–Crippen MR) is 90.8 cm³/mol. The number of rotatable bonds is 3. The molecule has 4 heteroatoms. The van der Waals surface area contributed by atoms with Crippen molar-refractivity contribution in [1.82, 2.24) is 5.43 Å². The third kappa shape index (κ3) is 3.14. The maximum atomic E-state index is 4.41. The minimum Gasteiger partial charge on any atom is -0.290 e. The van der Waals surface area contributed by atoms with Crippen LogP contribution in [0.25, 0.3) is 6.08 Å². The quantitative estimate of drug-likeness (QED) is 0.889. The molecule has 3 rings (SSSR count). The molecule has 2 aromatic rings. The number of hydrogen-bond acceptors (Lipinski definition) is 3. The molecule has 0 saturated heterocycles. The van der Waals surface area contributed by atoms with Gasteiger partial charge in [-0.05, 0) is 11.6 Å². The fourth-order valence-electron chi connectivity index (χ4n) is 1.90. The Hall–Kier alpha value is -1.52. The molecule has 1 N–H and O–H groups in total. The number of hydrogen-bond donors (Lipinski definition) is 1. The average Bonchev–Trinajstić information content (AvgIpc) is 2.99. The Morgan fingerprint density at radius 2 is 1.70 bits per heavy atom. The van der Waals surface area contributed by atoms with E-state index in [-0.39, 0.29) is 5.37 Å². The lowest BCUT2D eigenvalue weighted by molar-refractivity contribution is 0.799. The third-order valence-corrected chi connectivity index (χ3v) is 5.02. The first kappa shape index (κ1) is 13.5. The number of nitrogens with one attached hydrogen (secondary N) is 1. The van der Waals surface area contributed by atoms with Crippen LogP contribution in [0.3, 0.4) is 0 Å². The molecule has 0 fully saturated rings. The smallest absolute Gasteiger partial charge is 0.127 e. The minimum absolute atomic E-state index is 0.130. The molecule has 1 atom stereocenters. The molecule has 2 nitrogen and oxygen atoms in total.